The third-order valence-corrected chi connectivity index (χ3v) is 3.49. The van der Waals surface area contributed by atoms with Crippen molar-refractivity contribution in [2.75, 3.05) is 6.54 Å². The van der Waals surface area contributed by atoms with Crippen molar-refractivity contribution in [3.63, 3.8) is 0 Å². The van der Waals surface area contributed by atoms with Gasteiger partial charge in [-0.05, 0) is 29.7 Å². The Kier molecular flexibility index (Phi) is 5.78. The van der Waals surface area contributed by atoms with Gasteiger partial charge in [0.05, 0.1) is 6.54 Å². The van der Waals surface area contributed by atoms with E-state index < -0.39 is 0 Å². The van der Waals surface area contributed by atoms with Crippen LogP contribution >= 0.6 is 11.6 Å². The molecule has 110 valence electrons. The zero-order valence-electron chi connectivity index (χ0n) is 12.0. The number of rotatable bonds is 6. The molecule has 1 amide bonds. The van der Waals surface area contributed by atoms with Gasteiger partial charge in [-0.2, -0.15) is 0 Å². The van der Waals surface area contributed by atoms with Gasteiger partial charge in [-0.1, -0.05) is 54.1 Å². The van der Waals surface area contributed by atoms with Gasteiger partial charge in [0.15, 0.2) is 0 Å². The number of carbonyl (C=O) groups excluding carboxylic acids is 1. The summed E-state index contributed by atoms with van der Waals surface area (Å²) in [5, 5.41) is 6.70. The van der Waals surface area contributed by atoms with Crippen molar-refractivity contribution in [3.8, 4) is 0 Å². The van der Waals surface area contributed by atoms with E-state index in [-0.39, 0.29) is 12.5 Å². The first-order valence-corrected chi connectivity index (χ1v) is 7.29. The molecule has 0 aliphatic rings. The predicted molar refractivity (Wildman–Crippen MR) is 86.2 cm³/mol. The molecule has 0 aromatic heterocycles. The van der Waals surface area contributed by atoms with Crippen LogP contribution in [0, 0.1) is 6.92 Å². The summed E-state index contributed by atoms with van der Waals surface area (Å²) >= 11 is 6.15. The van der Waals surface area contributed by atoms with Crippen molar-refractivity contribution >= 4 is 17.5 Å². The van der Waals surface area contributed by atoms with Gasteiger partial charge in [0.2, 0.25) is 5.91 Å². The highest BCUT2D eigenvalue weighted by atomic mass is 35.5. The molecule has 2 rings (SSSR count). The van der Waals surface area contributed by atoms with Gasteiger partial charge in [0.25, 0.3) is 0 Å². The van der Waals surface area contributed by atoms with Crippen molar-refractivity contribution in [2.45, 2.75) is 20.0 Å². The molecule has 3 nitrogen and oxygen atoms in total. The van der Waals surface area contributed by atoms with E-state index in [4.69, 9.17) is 11.6 Å². The zero-order valence-corrected chi connectivity index (χ0v) is 12.8. The molecule has 2 N–H and O–H groups in total. The van der Waals surface area contributed by atoms with Crippen molar-refractivity contribution in [1.82, 2.24) is 10.6 Å². The Morgan fingerprint density at radius 3 is 2.57 bits per heavy atom. The van der Waals surface area contributed by atoms with Crippen LogP contribution in [0.4, 0.5) is 0 Å². The molecular weight excluding hydrogens is 284 g/mol. The zero-order chi connectivity index (χ0) is 15.1. The highest BCUT2D eigenvalue weighted by Gasteiger charge is 2.03. The summed E-state index contributed by atoms with van der Waals surface area (Å²) in [6.45, 7) is 3.40. The molecule has 0 fully saturated rings. The molecule has 0 saturated carbocycles. The average molecular weight is 303 g/mol. The summed E-state index contributed by atoms with van der Waals surface area (Å²) in [4.78, 5) is 11.7. The fraction of sp³-hybridized carbons (Fsp3) is 0.235. The van der Waals surface area contributed by atoms with Crippen LogP contribution in [0.15, 0.2) is 48.5 Å². The number of hydrogen-bond acceptors (Lipinski definition) is 2. The Balaban J connectivity index is 1.72. The highest BCUT2D eigenvalue weighted by molar-refractivity contribution is 6.31. The number of nitrogens with one attached hydrogen (secondary N) is 2. The second-order valence-corrected chi connectivity index (χ2v) is 5.37. The molecule has 0 radical (unpaired) electrons. The first-order chi connectivity index (χ1) is 10.1. The molecule has 0 bridgehead atoms. The van der Waals surface area contributed by atoms with E-state index in [0.29, 0.717) is 13.1 Å². The largest absolute Gasteiger partial charge is 0.351 e. The quantitative estimate of drug-likeness (QED) is 0.861. The summed E-state index contributed by atoms with van der Waals surface area (Å²) in [6, 6.07) is 15.8. The first-order valence-electron chi connectivity index (χ1n) is 6.91. The van der Waals surface area contributed by atoms with Crippen LogP contribution in [0.3, 0.4) is 0 Å². The smallest absolute Gasteiger partial charge is 0.234 e. The number of hydrogen-bond donors (Lipinski definition) is 2. The van der Waals surface area contributed by atoms with Crippen LogP contribution in [-0.4, -0.2) is 12.5 Å². The van der Waals surface area contributed by atoms with E-state index in [1.165, 1.54) is 0 Å². The van der Waals surface area contributed by atoms with Gasteiger partial charge in [-0.25, -0.2) is 0 Å². The van der Waals surface area contributed by atoms with E-state index in [1.807, 2.05) is 55.5 Å². The summed E-state index contributed by atoms with van der Waals surface area (Å²) < 4.78 is 0. The Hall–Kier alpha value is -1.84. The summed E-state index contributed by atoms with van der Waals surface area (Å²) in [5.74, 6) is -0.0258. The second kappa shape index (κ2) is 7.81. The van der Waals surface area contributed by atoms with E-state index in [0.717, 1.165) is 21.7 Å². The molecule has 0 aliphatic carbocycles. The Labute approximate surface area is 130 Å². The highest BCUT2D eigenvalue weighted by Crippen LogP contribution is 2.17. The molecule has 21 heavy (non-hydrogen) atoms. The first kappa shape index (κ1) is 15.5. The SMILES string of the molecule is Cc1ccc(CNCC(=O)NCc2ccccc2)c(Cl)c1. The van der Waals surface area contributed by atoms with Gasteiger partial charge in [-0.3, -0.25) is 4.79 Å². The van der Waals surface area contributed by atoms with Gasteiger partial charge >= 0.3 is 0 Å². The van der Waals surface area contributed by atoms with Gasteiger partial charge in [-0.15, -0.1) is 0 Å². The number of amides is 1. The van der Waals surface area contributed by atoms with Crippen molar-refractivity contribution in [1.29, 1.82) is 0 Å². The van der Waals surface area contributed by atoms with Crippen LogP contribution in [0.2, 0.25) is 5.02 Å². The normalized spacial score (nSPS) is 10.4. The molecule has 2 aromatic carbocycles. The summed E-state index contributed by atoms with van der Waals surface area (Å²) in [7, 11) is 0. The lowest BCUT2D eigenvalue weighted by molar-refractivity contribution is -0.120. The molecule has 4 heteroatoms. The minimum atomic E-state index is -0.0258. The lowest BCUT2D eigenvalue weighted by atomic mass is 10.1. The van der Waals surface area contributed by atoms with E-state index in [2.05, 4.69) is 10.6 Å². The minimum Gasteiger partial charge on any atom is -0.351 e. The van der Waals surface area contributed by atoms with Crippen molar-refractivity contribution in [3.05, 3.63) is 70.2 Å². The van der Waals surface area contributed by atoms with E-state index >= 15 is 0 Å². The van der Waals surface area contributed by atoms with Crippen LogP contribution in [0.25, 0.3) is 0 Å². The lowest BCUT2D eigenvalue weighted by Gasteiger charge is -2.08. The third-order valence-electron chi connectivity index (χ3n) is 3.14. The maximum absolute atomic E-state index is 11.7. The third kappa shape index (κ3) is 5.21. The Morgan fingerprint density at radius 2 is 1.86 bits per heavy atom. The Morgan fingerprint density at radius 1 is 1.10 bits per heavy atom. The molecular formula is C17H19ClN2O. The standard InChI is InChI=1S/C17H19ClN2O/c1-13-7-8-15(16(18)9-13)11-19-12-17(21)20-10-14-5-3-2-4-6-14/h2-9,19H,10-12H2,1H3,(H,20,21). The van der Waals surface area contributed by atoms with Crippen LogP contribution < -0.4 is 10.6 Å². The van der Waals surface area contributed by atoms with Gasteiger partial charge in [0.1, 0.15) is 0 Å². The second-order valence-electron chi connectivity index (χ2n) is 4.96. The minimum absolute atomic E-state index is 0.0258. The molecule has 0 spiro atoms. The van der Waals surface area contributed by atoms with Crippen LogP contribution in [0.5, 0.6) is 0 Å². The predicted octanol–water partition coefficient (Wildman–Crippen LogP) is 3.05. The molecule has 0 heterocycles. The number of benzene rings is 2. The molecule has 2 aromatic rings. The number of aryl methyl sites for hydroxylation is 1. The topological polar surface area (TPSA) is 41.1 Å². The average Bonchev–Trinajstić information content (AvgIpc) is 2.48. The van der Waals surface area contributed by atoms with Crippen LogP contribution in [0.1, 0.15) is 16.7 Å². The van der Waals surface area contributed by atoms with Gasteiger partial charge in [0, 0.05) is 18.1 Å². The number of carbonyl (C=O) groups is 1. The van der Waals surface area contributed by atoms with E-state index in [1.54, 1.807) is 0 Å². The molecule has 0 saturated heterocycles. The van der Waals surface area contributed by atoms with Crippen LogP contribution in [-0.2, 0) is 17.9 Å². The molecule has 0 unspecified atom stereocenters. The number of halogens is 1. The Bertz CT molecular complexity index is 599. The summed E-state index contributed by atoms with van der Waals surface area (Å²) in [6.07, 6.45) is 0. The lowest BCUT2D eigenvalue weighted by Crippen LogP contribution is -2.33. The van der Waals surface area contributed by atoms with E-state index in [9.17, 15) is 4.79 Å². The van der Waals surface area contributed by atoms with Crippen molar-refractivity contribution in [2.24, 2.45) is 0 Å². The molecule has 0 atom stereocenters. The molecule has 0 aliphatic heterocycles. The fourth-order valence-corrected chi connectivity index (χ4v) is 2.27. The maximum atomic E-state index is 11.7. The van der Waals surface area contributed by atoms with Gasteiger partial charge < -0.3 is 10.6 Å². The monoisotopic (exact) mass is 302 g/mol. The fourth-order valence-electron chi connectivity index (χ4n) is 1.97. The van der Waals surface area contributed by atoms with Crippen molar-refractivity contribution < 1.29 is 4.79 Å². The summed E-state index contributed by atoms with van der Waals surface area (Å²) in [5.41, 5.74) is 3.22. The maximum Gasteiger partial charge on any atom is 0.234 e.